The van der Waals surface area contributed by atoms with Crippen LogP contribution in [0, 0.1) is 12.3 Å². The third kappa shape index (κ3) is 3.71. The molecule has 148 valence electrons. The molecule has 1 aliphatic heterocycles. The van der Waals surface area contributed by atoms with Crippen LogP contribution in [0.4, 0.5) is 0 Å². The van der Waals surface area contributed by atoms with Gasteiger partial charge in [0.1, 0.15) is 11.9 Å². The third-order valence-electron chi connectivity index (χ3n) is 4.51. The highest BCUT2D eigenvalue weighted by Gasteiger charge is 2.34. The number of carbonyl (C=O) groups excluding carboxylic acids is 1. The Morgan fingerprint density at radius 2 is 2.03 bits per heavy atom. The van der Waals surface area contributed by atoms with Crippen LogP contribution in [0.15, 0.2) is 47.5 Å². The molecule has 1 aromatic heterocycles. The Labute approximate surface area is 172 Å². The lowest BCUT2D eigenvalue weighted by Crippen LogP contribution is -2.43. The van der Waals surface area contributed by atoms with Crippen molar-refractivity contribution in [2.75, 3.05) is 6.61 Å². The van der Waals surface area contributed by atoms with Gasteiger partial charge in [0.05, 0.1) is 23.4 Å². The van der Waals surface area contributed by atoms with Crippen molar-refractivity contribution in [2.45, 2.75) is 32.6 Å². The standard InChI is InChI=1S/C22H20N2O4S/c1-4-12-24-16-11-10-15(26-5-2)13-19(16)29-22(24)23-21(25)20-14(3)27-17-8-6-7-9-18(17)28-20/h1,6-11,13-14,20H,5,12H2,2-3H3. The molecule has 2 atom stereocenters. The van der Waals surface area contributed by atoms with Crippen molar-refractivity contribution in [3.63, 3.8) is 0 Å². The molecule has 0 bridgehead atoms. The summed E-state index contributed by atoms with van der Waals surface area (Å²) in [5.74, 6) is 4.14. The van der Waals surface area contributed by atoms with Gasteiger partial charge in [-0.25, -0.2) is 0 Å². The number of hydrogen-bond acceptors (Lipinski definition) is 5. The van der Waals surface area contributed by atoms with Crippen LogP contribution >= 0.6 is 11.3 Å². The maximum Gasteiger partial charge on any atom is 0.293 e. The summed E-state index contributed by atoms with van der Waals surface area (Å²) in [7, 11) is 0. The van der Waals surface area contributed by atoms with Crippen LogP contribution in [0.1, 0.15) is 13.8 Å². The second-order valence-electron chi connectivity index (χ2n) is 6.50. The van der Waals surface area contributed by atoms with Gasteiger partial charge in [0.25, 0.3) is 5.91 Å². The molecular weight excluding hydrogens is 388 g/mol. The number of ether oxygens (including phenoxy) is 3. The lowest BCUT2D eigenvalue weighted by atomic mass is 10.1. The van der Waals surface area contributed by atoms with Crippen molar-refractivity contribution < 1.29 is 19.0 Å². The van der Waals surface area contributed by atoms with Gasteiger partial charge >= 0.3 is 0 Å². The predicted octanol–water partition coefficient (Wildman–Crippen LogP) is 3.39. The maximum atomic E-state index is 12.9. The van der Waals surface area contributed by atoms with Crippen LogP contribution in [0.25, 0.3) is 10.2 Å². The fourth-order valence-corrected chi connectivity index (χ4v) is 4.25. The Morgan fingerprint density at radius 1 is 1.28 bits per heavy atom. The zero-order valence-corrected chi connectivity index (χ0v) is 16.9. The van der Waals surface area contributed by atoms with E-state index >= 15 is 0 Å². The van der Waals surface area contributed by atoms with Crippen molar-refractivity contribution in [1.82, 2.24) is 4.57 Å². The Balaban J connectivity index is 1.72. The number of carbonyl (C=O) groups is 1. The van der Waals surface area contributed by atoms with E-state index in [1.54, 1.807) is 13.0 Å². The quantitative estimate of drug-likeness (QED) is 0.621. The van der Waals surface area contributed by atoms with Gasteiger partial charge in [-0.3, -0.25) is 4.79 Å². The summed E-state index contributed by atoms with van der Waals surface area (Å²) in [6.45, 7) is 4.61. The minimum atomic E-state index is -0.826. The number of benzene rings is 2. The minimum absolute atomic E-state index is 0.306. The number of hydrogen-bond donors (Lipinski definition) is 0. The highest BCUT2D eigenvalue weighted by atomic mass is 32.1. The Kier molecular flexibility index (Phi) is 5.28. The Bertz CT molecular complexity index is 1170. The summed E-state index contributed by atoms with van der Waals surface area (Å²) in [6.07, 6.45) is 4.26. The van der Waals surface area contributed by atoms with Gasteiger partial charge in [0.2, 0.25) is 6.10 Å². The number of rotatable bonds is 4. The third-order valence-corrected chi connectivity index (χ3v) is 5.55. The van der Waals surface area contributed by atoms with Gasteiger partial charge < -0.3 is 18.8 Å². The highest BCUT2D eigenvalue weighted by Crippen LogP contribution is 2.33. The number of terminal acetylenes is 1. The summed E-state index contributed by atoms with van der Waals surface area (Å²) in [5.41, 5.74) is 0.905. The van der Waals surface area contributed by atoms with Gasteiger partial charge in [-0.2, -0.15) is 4.99 Å². The summed E-state index contributed by atoms with van der Waals surface area (Å²) >= 11 is 1.39. The zero-order chi connectivity index (χ0) is 20.4. The average molecular weight is 408 g/mol. The second kappa shape index (κ2) is 8.02. The maximum absolute atomic E-state index is 12.9. The summed E-state index contributed by atoms with van der Waals surface area (Å²) in [4.78, 5) is 17.8. The lowest BCUT2D eigenvalue weighted by molar-refractivity contribution is -0.130. The largest absolute Gasteiger partial charge is 0.494 e. The van der Waals surface area contributed by atoms with Crippen molar-refractivity contribution in [2.24, 2.45) is 4.99 Å². The summed E-state index contributed by atoms with van der Waals surface area (Å²) < 4.78 is 20.0. The number of thiazole rings is 1. The average Bonchev–Trinajstić information content (AvgIpc) is 3.04. The Hall–Kier alpha value is -3.24. The van der Waals surface area contributed by atoms with E-state index in [2.05, 4.69) is 10.9 Å². The molecule has 0 saturated heterocycles. The van der Waals surface area contributed by atoms with Gasteiger partial charge in [-0.15, -0.1) is 6.42 Å². The number of amides is 1. The molecule has 0 spiro atoms. The van der Waals surface area contributed by atoms with E-state index in [0.29, 0.717) is 29.5 Å². The normalized spacial score (nSPS) is 18.4. The zero-order valence-electron chi connectivity index (χ0n) is 16.1. The summed E-state index contributed by atoms with van der Waals surface area (Å²) in [6, 6.07) is 13.0. The van der Waals surface area contributed by atoms with Crippen LogP contribution < -0.4 is 19.0 Å². The Morgan fingerprint density at radius 3 is 2.76 bits per heavy atom. The summed E-state index contributed by atoms with van der Waals surface area (Å²) in [5, 5.41) is 0. The van der Waals surface area contributed by atoms with Crippen LogP contribution in [0.2, 0.25) is 0 Å². The van der Waals surface area contributed by atoms with E-state index in [1.165, 1.54) is 11.3 Å². The topological polar surface area (TPSA) is 62.1 Å². The van der Waals surface area contributed by atoms with Crippen molar-refractivity contribution in [3.05, 3.63) is 47.3 Å². The van der Waals surface area contributed by atoms with E-state index < -0.39 is 18.1 Å². The van der Waals surface area contributed by atoms with Gasteiger partial charge in [-0.05, 0) is 44.2 Å². The first-order valence-electron chi connectivity index (χ1n) is 9.31. The molecule has 0 radical (unpaired) electrons. The predicted molar refractivity (Wildman–Crippen MR) is 111 cm³/mol. The number of aromatic nitrogens is 1. The molecule has 4 rings (SSSR count). The minimum Gasteiger partial charge on any atom is -0.494 e. The first-order valence-corrected chi connectivity index (χ1v) is 10.1. The van der Waals surface area contributed by atoms with Crippen molar-refractivity contribution >= 4 is 27.5 Å². The van der Waals surface area contributed by atoms with Crippen molar-refractivity contribution in [3.8, 4) is 29.6 Å². The molecule has 29 heavy (non-hydrogen) atoms. The van der Waals surface area contributed by atoms with Crippen LogP contribution in [-0.4, -0.2) is 29.3 Å². The molecule has 0 fully saturated rings. The fraction of sp³-hybridized carbons (Fsp3) is 0.273. The van der Waals surface area contributed by atoms with Gasteiger partial charge in [0.15, 0.2) is 16.3 Å². The molecule has 1 aliphatic rings. The smallest absolute Gasteiger partial charge is 0.293 e. The molecule has 0 N–H and O–H groups in total. The molecule has 0 aliphatic carbocycles. The first kappa shape index (κ1) is 19.1. The van der Waals surface area contributed by atoms with Gasteiger partial charge in [0, 0.05) is 0 Å². The second-order valence-corrected chi connectivity index (χ2v) is 7.50. The molecule has 7 heteroatoms. The lowest BCUT2D eigenvalue weighted by Gasteiger charge is -2.29. The molecule has 2 aromatic carbocycles. The van der Waals surface area contributed by atoms with Crippen LogP contribution in [-0.2, 0) is 11.3 Å². The number of nitrogens with zero attached hydrogens (tertiary/aromatic N) is 2. The highest BCUT2D eigenvalue weighted by molar-refractivity contribution is 7.16. The molecular formula is C22H20N2O4S. The number of para-hydroxylation sites is 2. The van der Waals surface area contributed by atoms with Crippen LogP contribution in [0.3, 0.4) is 0 Å². The van der Waals surface area contributed by atoms with Crippen LogP contribution in [0.5, 0.6) is 17.2 Å². The van der Waals surface area contributed by atoms with Crippen molar-refractivity contribution in [1.29, 1.82) is 0 Å². The fourth-order valence-electron chi connectivity index (χ4n) is 3.19. The molecule has 2 unspecified atom stereocenters. The van der Waals surface area contributed by atoms with E-state index in [9.17, 15) is 4.79 Å². The molecule has 6 nitrogen and oxygen atoms in total. The van der Waals surface area contributed by atoms with E-state index in [0.717, 1.165) is 16.0 Å². The van der Waals surface area contributed by atoms with E-state index in [1.807, 2.05) is 47.9 Å². The molecule has 3 aromatic rings. The SMILES string of the molecule is C#CCn1c(=NC(=O)C2Oc3ccccc3OC2C)sc2cc(OCC)ccc21. The van der Waals surface area contributed by atoms with Gasteiger partial charge in [-0.1, -0.05) is 29.4 Å². The first-order chi connectivity index (χ1) is 14.1. The molecule has 1 amide bonds. The monoisotopic (exact) mass is 408 g/mol. The molecule has 0 saturated carbocycles. The van der Waals surface area contributed by atoms with E-state index in [4.69, 9.17) is 20.6 Å². The van der Waals surface area contributed by atoms with E-state index in [-0.39, 0.29) is 0 Å². The molecule has 2 heterocycles. The number of fused-ring (bicyclic) bond motifs is 2.